The second-order valence-electron chi connectivity index (χ2n) is 6.28. The van der Waals surface area contributed by atoms with Gasteiger partial charge in [-0.25, -0.2) is 0 Å². The standard InChI is InChI=1S/C21H14F3NO4S/c22-21(23,24)16-9-7-14(8-10-16)2-1-13-3-5-15(6-4-13)11-17-19(28)25(12-18(26)27)20(29)30-17/h1-11H,12H2,(H,26,27)/b2-1+,17-11-. The Bertz CT molecular complexity index is 1040. The highest BCUT2D eigenvalue weighted by Crippen LogP contribution is 2.32. The maximum atomic E-state index is 12.6. The monoisotopic (exact) mass is 433 g/mol. The number of imide groups is 1. The average Bonchev–Trinajstić information content (AvgIpc) is 2.94. The van der Waals surface area contributed by atoms with Crippen molar-refractivity contribution in [3.63, 3.8) is 0 Å². The number of carbonyl (C=O) groups excluding carboxylic acids is 2. The molecular formula is C21H14F3NO4S. The van der Waals surface area contributed by atoms with Gasteiger partial charge in [0.05, 0.1) is 10.5 Å². The van der Waals surface area contributed by atoms with Crippen molar-refractivity contribution in [2.45, 2.75) is 6.18 Å². The van der Waals surface area contributed by atoms with Crippen LogP contribution < -0.4 is 0 Å². The van der Waals surface area contributed by atoms with Gasteiger partial charge in [0.2, 0.25) is 0 Å². The molecule has 0 unspecified atom stereocenters. The molecule has 0 atom stereocenters. The van der Waals surface area contributed by atoms with Gasteiger partial charge >= 0.3 is 12.1 Å². The van der Waals surface area contributed by atoms with Crippen molar-refractivity contribution >= 4 is 47.1 Å². The van der Waals surface area contributed by atoms with E-state index in [0.29, 0.717) is 27.8 Å². The topological polar surface area (TPSA) is 74.7 Å². The maximum Gasteiger partial charge on any atom is 0.416 e. The van der Waals surface area contributed by atoms with Crippen LogP contribution in [0.3, 0.4) is 0 Å². The Hall–Kier alpha value is -3.33. The molecule has 0 aromatic heterocycles. The van der Waals surface area contributed by atoms with Crippen LogP contribution in [0.1, 0.15) is 22.3 Å². The zero-order valence-electron chi connectivity index (χ0n) is 15.2. The largest absolute Gasteiger partial charge is 0.480 e. The molecule has 5 nitrogen and oxygen atoms in total. The van der Waals surface area contributed by atoms with E-state index in [1.165, 1.54) is 18.2 Å². The molecule has 2 aromatic carbocycles. The molecule has 1 aliphatic rings. The van der Waals surface area contributed by atoms with Gasteiger partial charge in [-0.2, -0.15) is 13.2 Å². The summed E-state index contributed by atoms with van der Waals surface area (Å²) in [5, 5.41) is 8.13. The number of alkyl halides is 3. The number of rotatable bonds is 5. The summed E-state index contributed by atoms with van der Waals surface area (Å²) in [6.45, 7) is -0.685. The first kappa shape index (κ1) is 21.4. The fourth-order valence-corrected chi connectivity index (χ4v) is 3.44. The molecule has 1 heterocycles. The SMILES string of the molecule is O=C(O)CN1C(=O)S/C(=C\c2ccc(/C=C/c3ccc(C(F)(F)F)cc3)cc2)C1=O. The number of benzene rings is 2. The third-order valence-corrected chi connectivity index (χ3v) is 5.01. The number of carboxylic acids is 1. The first-order chi connectivity index (χ1) is 14.1. The summed E-state index contributed by atoms with van der Waals surface area (Å²) < 4.78 is 37.8. The molecule has 1 aliphatic heterocycles. The highest BCUT2D eigenvalue weighted by atomic mass is 32.2. The van der Waals surface area contributed by atoms with E-state index in [1.807, 2.05) is 0 Å². The summed E-state index contributed by atoms with van der Waals surface area (Å²) in [5.41, 5.74) is 1.32. The molecule has 2 aromatic rings. The van der Waals surface area contributed by atoms with Crippen LogP contribution in [0.5, 0.6) is 0 Å². The molecule has 0 aliphatic carbocycles. The molecule has 0 saturated carbocycles. The normalized spacial score (nSPS) is 16.1. The van der Waals surface area contributed by atoms with Gasteiger partial charge in [0.1, 0.15) is 6.54 Å². The number of aliphatic carboxylic acids is 1. The van der Waals surface area contributed by atoms with Crippen molar-refractivity contribution in [2.24, 2.45) is 0 Å². The summed E-state index contributed by atoms with van der Waals surface area (Å²) in [7, 11) is 0. The van der Waals surface area contributed by atoms with E-state index in [4.69, 9.17) is 5.11 Å². The molecule has 2 amide bonds. The van der Waals surface area contributed by atoms with E-state index in [9.17, 15) is 27.6 Å². The fourth-order valence-electron chi connectivity index (χ4n) is 2.60. The zero-order chi connectivity index (χ0) is 21.9. The number of halogens is 3. The van der Waals surface area contributed by atoms with Gasteiger partial charge in [-0.15, -0.1) is 0 Å². The maximum absolute atomic E-state index is 12.6. The number of thioether (sulfide) groups is 1. The number of hydrogen-bond acceptors (Lipinski definition) is 4. The first-order valence-corrected chi connectivity index (χ1v) is 9.38. The van der Waals surface area contributed by atoms with E-state index in [0.717, 1.165) is 17.7 Å². The number of nitrogens with zero attached hydrogens (tertiary/aromatic N) is 1. The molecule has 154 valence electrons. The smallest absolute Gasteiger partial charge is 0.416 e. The van der Waals surface area contributed by atoms with Gasteiger partial charge < -0.3 is 5.11 Å². The van der Waals surface area contributed by atoms with E-state index in [-0.39, 0.29) is 4.91 Å². The van der Waals surface area contributed by atoms with Crippen LogP contribution in [0.25, 0.3) is 18.2 Å². The van der Waals surface area contributed by atoms with Crippen LogP contribution in [0.2, 0.25) is 0 Å². The Morgan fingerprint density at radius 2 is 1.43 bits per heavy atom. The fraction of sp³-hybridized carbons (Fsp3) is 0.0952. The second kappa shape index (κ2) is 8.58. The van der Waals surface area contributed by atoms with Crippen molar-refractivity contribution in [3.05, 3.63) is 75.7 Å². The summed E-state index contributed by atoms with van der Waals surface area (Å²) in [4.78, 5) is 35.4. The number of hydrogen-bond donors (Lipinski definition) is 1. The van der Waals surface area contributed by atoms with Crippen molar-refractivity contribution in [2.75, 3.05) is 6.54 Å². The molecule has 3 rings (SSSR count). The minimum absolute atomic E-state index is 0.134. The van der Waals surface area contributed by atoms with Crippen molar-refractivity contribution < 1.29 is 32.7 Å². The van der Waals surface area contributed by atoms with Gasteiger partial charge in [0, 0.05) is 0 Å². The molecule has 1 N–H and O–H groups in total. The Morgan fingerprint density at radius 1 is 0.933 bits per heavy atom. The van der Waals surface area contributed by atoms with Crippen molar-refractivity contribution in [1.29, 1.82) is 0 Å². The van der Waals surface area contributed by atoms with E-state index in [2.05, 4.69) is 0 Å². The summed E-state index contributed by atoms with van der Waals surface area (Å²) >= 11 is 0.674. The number of amides is 2. The second-order valence-corrected chi connectivity index (χ2v) is 7.27. The summed E-state index contributed by atoms with van der Waals surface area (Å²) in [5.74, 6) is -1.93. The van der Waals surface area contributed by atoms with Crippen LogP contribution >= 0.6 is 11.8 Å². The van der Waals surface area contributed by atoms with Crippen molar-refractivity contribution in [3.8, 4) is 0 Å². The minimum Gasteiger partial charge on any atom is -0.480 e. The first-order valence-electron chi connectivity index (χ1n) is 8.56. The van der Waals surface area contributed by atoms with Gasteiger partial charge in [-0.05, 0) is 46.7 Å². The van der Waals surface area contributed by atoms with Gasteiger partial charge in [-0.3, -0.25) is 19.3 Å². The van der Waals surface area contributed by atoms with Gasteiger partial charge in [-0.1, -0.05) is 48.6 Å². The Labute approximate surface area is 173 Å². The Kier molecular flexibility index (Phi) is 6.12. The molecule has 0 radical (unpaired) electrons. The lowest BCUT2D eigenvalue weighted by Crippen LogP contribution is -2.33. The third kappa shape index (κ3) is 5.18. The molecule has 9 heteroatoms. The van der Waals surface area contributed by atoms with Crippen LogP contribution in [0.15, 0.2) is 53.4 Å². The van der Waals surface area contributed by atoms with Crippen LogP contribution in [-0.4, -0.2) is 33.7 Å². The highest BCUT2D eigenvalue weighted by molar-refractivity contribution is 8.18. The summed E-state index contributed by atoms with van der Waals surface area (Å²) in [6, 6.07) is 11.7. The lowest BCUT2D eigenvalue weighted by atomic mass is 10.1. The van der Waals surface area contributed by atoms with E-state index >= 15 is 0 Å². The lowest BCUT2D eigenvalue weighted by molar-refractivity contribution is -0.140. The number of carbonyl (C=O) groups is 3. The van der Waals surface area contributed by atoms with Crippen LogP contribution in [-0.2, 0) is 15.8 Å². The Balaban J connectivity index is 1.69. The molecule has 30 heavy (non-hydrogen) atoms. The molecule has 1 fully saturated rings. The Morgan fingerprint density at radius 3 is 1.93 bits per heavy atom. The van der Waals surface area contributed by atoms with E-state index in [1.54, 1.807) is 36.4 Å². The zero-order valence-corrected chi connectivity index (χ0v) is 16.0. The number of carboxylic acid groups (broad SMARTS) is 1. The molecular weight excluding hydrogens is 419 g/mol. The van der Waals surface area contributed by atoms with Gasteiger partial charge in [0.25, 0.3) is 11.1 Å². The molecule has 1 saturated heterocycles. The summed E-state index contributed by atoms with van der Waals surface area (Å²) in [6.07, 6.45) is 0.524. The third-order valence-electron chi connectivity index (χ3n) is 4.11. The predicted octanol–water partition coefficient (Wildman–Crippen LogP) is 5.00. The predicted molar refractivity (Wildman–Crippen MR) is 107 cm³/mol. The molecule has 0 bridgehead atoms. The van der Waals surface area contributed by atoms with Crippen LogP contribution in [0.4, 0.5) is 18.0 Å². The average molecular weight is 433 g/mol. The molecule has 0 spiro atoms. The minimum atomic E-state index is -4.37. The van der Waals surface area contributed by atoms with Crippen molar-refractivity contribution in [1.82, 2.24) is 4.90 Å². The van der Waals surface area contributed by atoms with Crippen LogP contribution in [0, 0.1) is 0 Å². The highest BCUT2D eigenvalue weighted by Gasteiger charge is 2.36. The van der Waals surface area contributed by atoms with E-state index < -0.39 is 35.4 Å². The van der Waals surface area contributed by atoms with Gasteiger partial charge in [0.15, 0.2) is 0 Å². The quantitative estimate of drug-likeness (QED) is 0.531. The lowest BCUT2D eigenvalue weighted by Gasteiger charge is -2.07.